The molecule has 4 nitrogen and oxygen atoms in total. The van der Waals surface area contributed by atoms with Gasteiger partial charge < -0.3 is 15.1 Å². The summed E-state index contributed by atoms with van der Waals surface area (Å²) in [5, 5.41) is 22.1. The summed E-state index contributed by atoms with van der Waals surface area (Å²) in [5.41, 5.74) is 3.47. The highest BCUT2D eigenvalue weighted by Crippen LogP contribution is 2.68. The quantitative estimate of drug-likeness (QED) is 0.715. The van der Waals surface area contributed by atoms with Crippen LogP contribution in [-0.4, -0.2) is 52.9 Å². The summed E-state index contributed by atoms with van der Waals surface area (Å²) < 4.78 is 0. The number of anilines is 1. The zero-order valence-corrected chi connectivity index (χ0v) is 14.2. The van der Waals surface area contributed by atoms with Gasteiger partial charge in [-0.3, -0.25) is 4.90 Å². The van der Waals surface area contributed by atoms with Gasteiger partial charge in [0.1, 0.15) is 5.75 Å². The summed E-state index contributed by atoms with van der Waals surface area (Å²) in [6.07, 6.45) is 4.16. The minimum atomic E-state index is -0.312. The molecule has 6 aliphatic rings. The standard InChI is InChI=1S/C20H24N2O2/c1-3-10-9-22-13-7-11(10)16-14(22)8-20(19(16)24)12-5-4-6-15(23)17(12)21(2)18(13)20/h3-6,11,13-14,16,18-19,23-24H,7-9H2,1-2H3/b10-3-/t11-,13-,14-,16-,18-,19-,20+/m0/s1. The highest BCUT2D eigenvalue weighted by atomic mass is 16.3. The number of hydrogen-bond donors (Lipinski definition) is 2. The number of piperidine rings is 4. The summed E-state index contributed by atoms with van der Waals surface area (Å²) in [6.45, 7) is 3.22. The number of aromatic hydroxyl groups is 1. The Morgan fingerprint density at radius 3 is 2.92 bits per heavy atom. The van der Waals surface area contributed by atoms with Crippen LogP contribution >= 0.6 is 0 Å². The van der Waals surface area contributed by atoms with Crippen molar-refractivity contribution in [3.8, 4) is 5.75 Å². The first-order valence-electron chi connectivity index (χ1n) is 9.23. The van der Waals surface area contributed by atoms with Crippen molar-refractivity contribution in [1.82, 2.24) is 4.90 Å². The molecule has 0 radical (unpaired) electrons. The Morgan fingerprint density at radius 2 is 2.12 bits per heavy atom. The average Bonchev–Trinajstić information content (AvgIpc) is 2.98. The molecule has 1 unspecified atom stereocenters. The first-order chi connectivity index (χ1) is 11.6. The zero-order chi connectivity index (χ0) is 16.4. The monoisotopic (exact) mass is 324 g/mol. The second-order valence-electron chi connectivity index (χ2n) is 8.51. The van der Waals surface area contributed by atoms with Crippen molar-refractivity contribution in [2.75, 3.05) is 18.5 Å². The fraction of sp³-hybridized carbons (Fsp3) is 0.600. The van der Waals surface area contributed by atoms with Crippen molar-refractivity contribution in [1.29, 1.82) is 0 Å². The summed E-state index contributed by atoms with van der Waals surface area (Å²) in [5.74, 6) is 1.26. The van der Waals surface area contributed by atoms with Gasteiger partial charge in [0, 0.05) is 37.0 Å². The minimum absolute atomic E-state index is 0.197. The predicted octanol–water partition coefficient (Wildman–Crippen LogP) is 1.86. The number of nitrogens with zero attached hydrogens (tertiary/aromatic N) is 2. The molecule has 5 fully saturated rings. The number of fused-ring (bicyclic) bond motifs is 2. The maximum Gasteiger partial charge on any atom is 0.139 e. The minimum Gasteiger partial charge on any atom is -0.506 e. The van der Waals surface area contributed by atoms with Crippen LogP contribution in [0.3, 0.4) is 0 Å². The molecule has 0 aromatic heterocycles. The first kappa shape index (κ1) is 13.7. The zero-order valence-electron chi connectivity index (χ0n) is 14.2. The molecule has 7 rings (SSSR count). The smallest absolute Gasteiger partial charge is 0.139 e. The molecular formula is C20H24N2O2. The van der Waals surface area contributed by atoms with Crippen molar-refractivity contribution in [2.45, 2.75) is 49.4 Å². The molecule has 126 valence electrons. The SMILES string of the molecule is C/C=C1/CN2[C@H]3C[C@@]45c6cccc(O)c6N(C)[C@H]4[C@@H]2C[C@@H]1[C@@H]3[C@@H]5O. The van der Waals surface area contributed by atoms with Gasteiger partial charge in [0.2, 0.25) is 0 Å². The number of rotatable bonds is 0. The molecule has 2 N–H and O–H groups in total. The lowest BCUT2D eigenvalue weighted by molar-refractivity contribution is -0.0345. The van der Waals surface area contributed by atoms with Crippen LogP contribution < -0.4 is 4.90 Å². The van der Waals surface area contributed by atoms with Gasteiger partial charge in [0.05, 0.1) is 17.8 Å². The Labute approximate surface area is 142 Å². The second kappa shape index (κ2) is 4.00. The van der Waals surface area contributed by atoms with Crippen LogP contribution in [0.4, 0.5) is 5.69 Å². The molecule has 5 bridgehead atoms. The van der Waals surface area contributed by atoms with Crippen LogP contribution in [0.2, 0.25) is 0 Å². The number of benzene rings is 1. The van der Waals surface area contributed by atoms with E-state index in [9.17, 15) is 10.2 Å². The average molecular weight is 324 g/mol. The van der Waals surface area contributed by atoms with Gasteiger partial charge in [0.15, 0.2) is 0 Å². The van der Waals surface area contributed by atoms with Gasteiger partial charge in [-0.15, -0.1) is 0 Å². The summed E-state index contributed by atoms with van der Waals surface area (Å²) in [7, 11) is 2.11. The predicted molar refractivity (Wildman–Crippen MR) is 92.2 cm³/mol. The van der Waals surface area contributed by atoms with Gasteiger partial charge in [-0.05, 0) is 37.3 Å². The van der Waals surface area contributed by atoms with Gasteiger partial charge >= 0.3 is 0 Å². The maximum atomic E-state index is 11.6. The molecule has 0 amide bonds. The molecule has 8 atom stereocenters. The van der Waals surface area contributed by atoms with Gasteiger partial charge in [-0.1, -0.05) is 23.8 Å². The normalized spacial score (nSPS) is 51.4. The summed E-state index contributed by atoms with van der Waals surface area (Å²) in [4.78, 5) is 4.96. The Kier molecular flexibility index (Phi) is 2.29. The highest BCUT2D eigenvalue weighted by Gasteiger charge is 2.74. The third-order valence-electron chi connectivity index (χ3n) is 8.09. The first-order valence-corrected chi connectivity index (χ1v) is 9.23. The second-order valence-corrected chi connectivity index (χ2v) is 8.51. The van der Waals surface area contributed by atoms with Gasteiger partial charge in [-0.2, -0.15) is 0 Å². The van der Waals surface area contributed by atoms with E-state index in [0.29, 0.717) is 29.7 Å². The Bertz CT molecular complexity index is 790. The molecule has 1 aromatic carbocycles. The Hall–Kier alpha value is -1.52. The molecule has 24 heavy (non-hydrogen) atoms. The number of allylic oxidation sites excluding steroid dienone is 1. The van der Waals surface area contributed by atoms with E-state index < -0.39 is 0 Å². The number of phenolic OH excluding ortho intramolecular Hbond substituents is 1. The fourth-order valence-corrected chi connectivity index (χ4v) is 7.45. The molecule has 4 heteroatoms. The van der Waals surface area contributed by atoms with E-state index in [4.69, 9.17) is 0 Å². The van der Waals surface area contributed by atoms with Crippen molar-refractivity contribution < 1.29 is 10.2 Å². The molecule has 5 heterocycles. The Morgan fingerprint density at radius 1 is 1.29 bits per heavy atom. The van der Waals surface area contributed by atoms with Crippen molar-refractivity contribution >= 4 is 5.69 Å². The van der Waals surface area contributed by atoms with Crippen LogP contribution in [0.25, 0.3) is 0 Å². The van der Waals surface area contributed by atoms with E-state index in [1.807, 2.05) is 6.07 Å². The van der Waals surface area contributed by atoms with Crippen molar-refractivity contribution in [3.63, 3.8) is 0 Å². The lowest BCUT2D eigenvalue weighted by Gasteiger charge is -2.58. The summed E-state index contributed by atoms with van der Waals surface area (Å²) >= 11 is 0. The van der Waals surface area contributed by atoms with Crippen LogP contribution in [-0.2, 0) is 5.41 Å². The van der Waals surface area contributed by atoms with E-state index in [-0.39, 0.29) is 17.6 Å². The Balaban J connectivity index is 1.63. The molecule has 1 aromatic rings. The molecule has 1 saturated carbocycles. The highest BCUT2D eigenvalue weighted by molar-refractivity contribution is 5.73. The number of likely N-dealkylation sites (N-methyl/N-ethyl adjacent to an activating group) is 1. The van der Waals surface area contributed by atoms with Crippen molar-refractivity contribution in [2.24, 2.45) is 11.8 Å². The lowest BCUT2D eigenvalue weighted by atomic mass is 9.65. The number of aliphatic hydroxyl groups excluding tert-OH is 1. The summed E-state index contributed by atoms with van der Waals surface area (Å²) in [6, 6.07) is 7.15. The molecule has 4 saturated heterocycles. The number of phenols is 1. The van der Waals surface area contributed by atoms with E-state index in [1.54, 1.807) is 6.07 Å². The molecule has 1 aliphatic carbocycles. The topological polar surface area (TPSA) is 46.9 Å². The number of aliphatic hydroxyl groups is 1. The van der Waals surface area contributed by atoms with E-state index >= 15 is 0 Å². The third-order valence-corrected chi connectivity index (χ3v) is 8.09. The number of hydrogen-bond acceptors (Lipinski definition) is 4. The van der Waals surface area contributed by atoms with Crippen LogP contribution in [0.5, 0.6) is 5.75 Å². The molecule has 5 aliphatic heterocycles. The maximum absolute atomic E-state index is 11.6. The van der Waals surface area contributed by atoms with Crippen LogP contribution in [0, 0.1) is 11.8 Å². The third kappa shape index (κ3) is 1.17. The van der Waals surface area contributed by atoms with E-state index in [0.717, 1.165) is 25.1 Å². The van der Waals surface area contributed by atoms with Crippen molar-refractivity contribution in [3.05, 3.63) is 35.4 Å². The fourth-order valence-electron chi connectivity index (χ4n) is 7.45. The van der Waals surface area contributed by atoms with E-state index in [1.165, 1.54) is 11.1 Å². The lowest BCUT2D eigenvalue weighted by Crippen LogP contribution is -2.68. The van der Waals surface area contributed by atoms with Crippen LogP contribution in [0.1, 0.15) is 25.3 Å². The van der Waals surface area contributed by atoms with Gasteiger partial charge in [0.25, 0.3) is 0 Å². The largest absolute Gasteiger partial charge is 0.506 e. The van der Waals surface area contributed by atoms with Crippen LogP contribution in [0.15, 0.2) is 29.8 Å². The van der Waals surface area contributed by atoms with Gasteiger partial charge in [-0.25, -0.2) is 0 Å². The van der Waals surface area contributed by atoms with E-state index in [2.05, 4.69) is 35.9 Å². The number of para-hydroxylation sites is 1. The molecular weight excluding hydrogens is 300 g/mol. The molecule has 1 spiro atoms.